The molecule has 4 aromatic rings. The van der Waals surface area contributed by atoms with Gasteiger partial charge in [0.2, 0.25) is 0 Å². The predicted molar refractivity (Wildman–Crippen MR) is 135 cm³/mol. The molecule has 1 atom stereocenters. The summed E-state index contributed by atoms with van der Waals surface area (Å²) < 4.78 is 11.1. The summed E-state index contributed by atoms with van der Waals surface area (Å²) in [6, 6.07) is 36.5. The molecule has 4 aromatic carbocycles. The minimum Gasteiger partial charge on any atom is -0.491 e. The van der Waals surface area contributed by atoms with Crippen LogP contribution < -0.4 is 10.1 Å². The summed E-state index contributed by atoms with van der Waals surface area (Å²) in [5, 5.41) is 4.24. The van der Waals surface area contributed by atoms with Crippen molar-refractivity contribution >= 4 is 17.6 Å². The molecule has 0 aliphatic rings. The summed E-state index contributed by atoms with van der Waals surface area (Å²) in [7, 11) is 1.38. The van der Waals surface area contributed by atoms with Crippen molar-refractivity contribution in [1.29, 1.82) is 0 Å². The monoisotopic (exact) mass is 471 g/mol. The molecule has 172 valence electrons. The Hall–Kier alpha value is -3.60. The normalized spacial score (nSPS) is 12.1. The van der Waals surface area contributed by atoms with E-state index in [0.29, 0.717) is 10.8 Å². The van der Waals surface area contributed by atoms with Crippen molar-refractivity contribution < 1.29 is 14.3 Å². The van der Waals surface area contributed by atoms with Crippen molar-refractivity contribution in [3.63, 3.8) is 0 Å². The maximum absolute atomic E-state index is 13.0. The van der Waals surface area contributed by atoms with Crippen LogP contribution in [0, 0.1) is 0 Å². The van der Waals surface area contributed by atoms with E-state index in [4.69, 9.17) is 21.1 Å². The average Bonchev–Trinajstić information content (AvgIpc) is 2.91. The van der Waals surface area contributed by atoms with E-state index in [0.717, 1.165) is 16.7 Å². The topological polar surface area (TPSA) is 47.6 Å². The molecule has 0 heterocycles. The minimum absolute atomic E-state index is 0.0720. The quantitative estimate of drug-likeness (QED) is 0.246. The van der Waals surface area contributed by atoms with Gasteiger partial charge in [-0.05, 0) is 41.0 Å². The molecule has 4 nitrogen and oxygen atoms in total. The number of benzene rings is 4. The molecule has 34 heavy (non-hydrogen) atoms. The lowest BCUT2D eigenvalue weighted by atomic mass is 9.76. The number of ether oxygens (including phenoxy) is 2. The minimum atomic E-state index is -0.827. The number of nitrogens with one attached hydrogen (secondary N) is 1. The van der Waals surface area contributed by atoms with Gasteiger partial charge < -0.3 is 9.47 Å². The van der Waals surface area contributed by atoms with Crippen LogP contribution in [0.5, 0.6) is 5.75 Å². The molecule has 4 rings (SSSR count). The molecule has 1 N–H and O–H groups in total. The van der Waals surface area contributed by atoms with Gasteiger partial charge in [0.15, 0.2) is 0 Å². The third-order valence-electron chi connectivity index (χ3n) is 5.73. The Morgan fingerprint density at radius 2 is 1.21 bits per heavy atom. The van der Waals surface area contributed by atoms with E-state index in [-0.39, 0.29) is 6.61 Å². The number of halogens is 1. The highest BCUT2D eigenvalue weighted by Crippen LogP contribution is 2.37. The van der Waals surface area contributed by atoms with Crippen LogP contribution in [-0.4, -0.2) is 25.7 Å². The van der Waals surface area contributed by atoms with Crippen LogP contribution in [0.4, 0.5) is 0 Å². The first-order valence-corrected chi connectivity index (χ1v) is 11.4. The number of esters is 1. The lowest BCUT2D eigenvalue weighted by molar-refractivity contribution is -0.144. The fraction of sp³-hybridized carbons (Fsp3) is 0.138. The molecule has 5 heteroatoms. The summed E-state index contributed by atoms with van der Waals surface area (Å²) in [6.07, 6.45) is 0. The van der Waals surface area contributed by atoms with Crippen LogP contribution in [-0.2, 0) is 15.1 Å². The van der Waals surface area contributed by atoms with Crippen molar-refractivity contribution in [2.45, 2.75) is 11.6 Å². The third kappa shape index (κ3) is 5.14. The van der Waals surface area contributed by atoms with Gasteiger partial charge in [0.1, 0.15) is 18.4 Å². The molecule has 0 saturated heterocycles. The molecule has 0 amide bonds. The van der Waals surface area contributed by atoms with E-state index in [1.165, 1.54) is 7.11 Å². The summed E-state index contributed by atoms with van der Waals surface area (Å²) in [5.41, 5.74) is 2.15. The fourth-order valence-electron chi connectivity index (χ4n) is 4.10. The standard InChI is InChI=1S/C29H26ClNO3/c1-33-28(32)27(21-34-26-19-17-25(30)18-20-26)31-29(22-11-5-2-6-12-22,23-13-7-3-8-14-23)24-15-9-4-10-16-24/h2-20,27,31H,21H2,1H3/t27-/m0/s1. The Labute approximate surface area is 205 Å². The highest BCUT2D eigenvalue weighted by Gasteiger charge is 2.40. The van der Waals surface area contributed by atoms with Crippen molar-refractivity contribution in [2.75, 3.05) is 13.7 Å². The average molecular weight is 472 g/mol. The van der Waals surface area contributed by atoms with E-state index in [1.807, 2.05) is 54.6 Å². The molecular formula is C29H26ClNO3. The van der Waals surface area contributed by atoms with Crippen LogP contribution in [0.2, 0.25) is 5.02 Å². The van der Waals surface area contributed by atoms with E-state index in [1.54, 1.807) is 24.3 Å². The Bertz CT molecular complexity index is 1090. The summed E-state index contributed by atoms with van der Waals surface area (Å²) in [6.45, 7) is 0.0720. The lowest BCUT2D eigenvalue weighted by Crippen LogP contribution is -2.55. The molecule has 0 fully saturated rings. The molecule has 0 spiro atoms. The molecule has 0 aromatic heterocycles. The van der Waals surface area contributed by atoms with Crippen molar-refractivity contribution in [2.24, 2.45) is 0 Å². The van der Waals surface area contributed by atoms with Crippen LogP contribution in [0.3, 0.4) is 0 Å². The van der Waals surface area contributed by atoms with Crippen LogP contribution in [0.1, 0.15) is 16.7 Å². The summed E-state index contributed by atoms with van der Waals surface area (Å²) >= 11 is 6.00. The second-order valence-corrected chi connectivity index (χ2v) is 8.27. The molecule has 0 aliphatic heterocycles. The zero-order valence-corrected chi connectivity index (χ0v) is 19.6. The lowest BCUT2D eigenvalue weighted by Gasteiger charge is -2.39. The van der Waals surface area contributed by atoms with E-state index in [2.05, 4.69) is 41.7 Å². The molecule has 0 radical (unpaired) electrons. The van der Waals surface area contributed by atoms with Crippen LogP contribution >= 0.6 is 11.6 Å². The third-order valence-corrected chi connectivity index (χ3v) is 5.98. The van der Waals surface area contributed by atoms with Gasteiger partial charge in [-0.1, -0.05) is 103 Å². The first kappa shape index (κ1) is 23.6. The summed E-state index contributed by atoms with van der Waals surface area (Å²) in [5.74, 6) is 0.200. The number of carbonyl (C=O) groups is 1. The first-order valence-electron chi connectivity index (χ1n) is 11.0. The second kappa shape index (κ2) is 11.0. The van der Waals surface area contributed by atoms with Gasteiger partial charge in [0, 0.05) is 5.02 Å². The Kier molecular flexibility index (Phi) is 7.63. The molecule has 0 saturated carbocycles. The number of rotatable bonds is 9. The maximum Gasteiger partial charge on any atom is 0.326 e. The SMILES string of the molecule is COC(=O)[C@H](COc1ccc(Cl)cc1)NC(c1ccccc1)(c1ccccc1)c1ccccc1. The van der Waals surface area contributed by atoms with E-state index in [9.17, 15) is 4.79 Å². The van der Waals surface area contributed by atoms with Crippen molar-refractivity contribution in [3.8, 4) is 5.75 Å². The van der Waals surface area contributed by atoms with Crippen molar-refractivity contribution in [3.05, 3.63) is 137 Å². The zero-order valence-electron chi connectivity index (χ0n) is 18.9. The second-order valence-electron chi connectivity index (χ2n) is 7.83. The Morgan fingerprint density at radius 1 is 0.765 bits per heavy atom. The van der Waals surface area contributed by atoms with Gasteiger partial charge in [-0.3, -0.25) is 10.1 Å². The fourth-order valence-corrected chi connectivity index (χ4v) is 4.22. The largest absolute Gasteiger partial charge is 0.491 e. The van der Waals surface area contributed by atoms with Gasteiger partial charge in [0.25, 0.3) is 0 Å². The smallest absolute Gasteiger partial charge is 0.326 e. The van der Waals surface area contributed by atoms with Gasteiger partial charge in [-0.25, -0.2) is 0 Å². The molecular weight excluding hydrogens is 446 g/mol. The van der Waals surface area contributed by atoms with Crippen LogP contribution in [0.25, 0.3) is 0 Å². The zero-order chi connectivity index (χ0) is 23.8. The van der Waals surface area contributed by atoms with Gasteiger partial charge in [-0.2, -0.15) is 0 Å². The molecule has 0 bridgehead atoms. The number of carbonyl (C=O) groups excluding carboxylic acids is 1. The Balaban J connectivity index is 1.81. The number of methoxy groups -OCH3 is 1. The highest BCUT2D eigenvalue weighted by molar-refractivity contribution is 6.30. The Morgan fingerprint density at radius 3 is 1.62 bits per heavy atom. The van der Waals surface area contributed by atoms with Gasteiger partial charge >= 0.3 is 5.97 Å². The van der Waals surface area contributed by atoms with Gasteiger partial charge in [-0.15, -0.1) is 0 Å². The van der Waals surface area contributed by atoms with Crippen molar-refractivity contribution in [1.82, 2.24) is 5.32 Å². The summed E-state index contributed by atoms with van der Waals surface area (Å²) in [4.78, 5) is 13.0. The maximum atomic E-state index is 13.0. The van der Waals surface area contributed by atoms with Gasteiger partial charge in [0.05, 0.1) is 12.6 Å². The molecule has 0 unspecified atom stereocenters. The number of hydrogen-bond acceptors (Lipinski definition) is 4. The molecule has 0 aliphatic carbocycles. The van der Waals surface area contributed by atoms with Crippen LogP contribution in [0.15, 0.2) is 115 Å². The highest BCUT2D eigenvalue weighted by atomic mass is 35.5. The van der Waals surface area contributed by atoms with E-state index >= 15 is 0 Å². The van der Waals surface area contributed by atoms with E-state index < -0.39 is 17.6 Å². The number of hydrogen-bond donors (Lipinski definition) is 1. The first-order chi connectivity index (χ1) is 16.6. The predicted octanol–water partition coefficient (Wildman–Crippen LogP) is 5.84.